The van der Waals surface area contributed by atoms with Crippen molar-refractivity contribution in [2.45, 2.75) is 6.42 Å². The van der Waals surface area contributed by atoms with Gasteiger partial charge in [0.2, 0.25) is 0 Å². The van der Waals surface area contributed by atoms with Gasteiger partial charge in [-0.1, -0.05) is 63.9 Å². The summed E-state index contributed by atoms with van der Waals surface area (Å²) in [4.78, 5) is 15.7. The fourth-order valence-electron chi connectivity index (χ4n) is 4.07. The van der Waals surface area contributed by atoms with Crippen LogP contribution in [0.4, 0.5) is 11.4 Å². The Kier molecular flexibility index (Phi) is 8.79. The molecule has 0 aliphatic carbocycles. The maximum absolute atomic E-state index is 11.3. The van der Waals surface area contributed by atoms with E-state index in [1.54, 1.807) is 12.1 Å². The van der Waals surface area contributed by atoms with Crippen molar-refractivity contribution in [3.8, 4) is 5.75 Å². The summed E-state index contributed by atoms with van der Waals surface area (Å²) >= 11 is 9.66. The molecule has 0 aromatic heterocycles. The van der Waals surface area contributed by atoms with Gasteiger partial charge in [0.15, 0.2) is 0 Å². The smallest absolute Gasteiger partial charge is 0.270 e. The summed E-state index contributed by atoms with van der Waals surface area (Å²) in [6, 6.07) is 20.5. The Bertz CT molecular complexity index is 1200. The topological polar surface area (TPSA) is 58.9 Å². The summed E-state index contributed by atoms with van der Waals surface area (Å²) in [6.07, 6.45) is 4.66. The molecule has 1 aliphatic heterocycles. The van der Waals surface area contributed by atoms with Crippen LogP contribution in [0.2, 0.25) is 5.02 Å². The first-order chi connectivity index (χ1) is 17.0. The fourth-order valence-corrected chi connectivity index (χ4v) is 4.68. The zero-order valence-corrected chi connectivity index (χ0v) is 21.6. The van der Waals surface area contributed by atoms with E-state index in [2.05, 4.69) is 31.8 Å². The van der Waals surface area contributed by atoms with Crippen LogP contribution in [0.3, 0.4) is 0 Å². The van der Waals surface area contributed by atoms with Crippen molar-refractivity contribution in [3.63, 3.8) is 0 Å². The molecule has 0 saturated carbocycles. The van der Waals surface area contributed by atoms with Crippen molar-refractivity contribution in [3.05, 3.63) is 97.5 Å². The highest BCUT2D eigenvalue weighted by Crippen LogP contribution is 2.28. The molecule has 1 aliphatic rings. The number of nitro benzene ring substituents is 1. The number of benzene rings is 3. The van der Waals surface area contributed by atoms with E-state index in [0.717, 1.165) is 54.2 Å². The summed E-state index contributed by atoms with van der Waals surface area (Å²) in [6.45, 7) is 5.40. The lowest BCUT2D eigenvalue weighted by molar-refractivity contribution is -0.384. The molecule has 3 aromatic carbocycles. The average Bonchev–Trinajstić information content (AvgIpc) is 2.87. The Balaban J connectivity index is 1.31. The number of ether oxygens (including phenoxy) is 1. The third-order valence-electron chi connectivity index (χ3n) is 5.97. The van der Waals surface area contributed by atoms with Crippen LogP contribution >= 0.6 is 27.5 Å². The van der Waals surface area contributed by atoms with E-state index in [1.165, 1.54) is 11.8 Å². The van der Waals surface area contributed by atoms with Crippen molar-refractivity contribution in [1.29, 1.82) is 0 Å². The molecule has 0 spiro atoms. The minimum Gasteiger partial charge on any atom is -0.493 e. The van der Waals surface area contributed by atoms with Gasteiger partial charge in [-0.15, -0.1) is 0 Å². The van der Waals surface area contributed by atoms with E-state index in [1.807, 2.05) is 54.6 Å². The van der Waals surface area contributed by atoms with Crippen LogP contribution in [0.1, 0.15) is 17.5 Å². The maximum atomic E-state index is 11.3. The number of hydrogen-bond donors (Lipinski definition) is 0. The van der Waals surface area contributed by atoms with Gasteiger partial charge in [-0.3, -0.25) is 15.0 Å². The molecule has 35 heavy (non-hydrogen) atoms. The van der Waals surface area contributed by atoms with Crippen LogP contribution in [-0.4, -0.2) is 49.2 Å². The highest BCUT2D eigenvalue weighted by molar-refractivity contribution is 9.10. The highest BCUT2D eigenvalue weighted by Gasteiger charge is 2.17. The molecular formula is C27H27BrClN3O3. The van der Waals surface area contributed by atoms with E-state index >= 15 is 0 Å². The van der Waals surface area contributed by atoms with Gasteiger partial charge in [0, 0.05) is 65.6 Å². The molecule has 6 nitrogen and oxygen atoms in total. The molecule has 0 radical (unpaired) electrons. The van der Waals surface area contributed by atoms with Crippen LogP contribution < -0.4 is 9.64 Å². The number of nitrogens with zero attached hydrogens (tertiary/aromatic N) is 3. The van der Waals surface area contributed by atoms with E-state index in [4.69, 9.17) is 16.3 Å². The van der Waals surface area contributed by atoms with E-state index in [9.17, 15) is 10.1 Å². The number of non-ortho nitro benzene ring substituents is 1. The van der Waals surface area contributed by atoms with Gasteiger partial charge in [-0.25, -0.2) is 0 Å². The molecule has 0 amide bonds. The van der Waals surface area contributed by atoms with Crippen LogP contribution in [0.5, 0.6) is 5.75 Å². The van der Waals surface area contributed by atoms with Crippen molar-refractivity contribution in [1.82, 2.24) is 4.90 Å². The lowest BCUT2D eigenvalue weighted by atomic mass is 10.1. The summed E-state index contributed by atoms with van der Waals surface area (Å²) in [5.41, 5.74) is 2.88. The molecule has 1 saturated heterocycles. The van der Waals surface area contributed by atoms with E-state index < -0.39 is 0 Å². The standard InChI is InChI=1S/C27H27BrClN3O3/c28-26-8-2-1-5-21(26)9-10-22-19-25(32(33)34)11-12-27(22)35-18-4-13-30-14-16-31(17-15-30)24-7-3-6-23(29)20-24/h1-3,5-12,19-20H,4,13-18H2. The normalized spacial score (nSPS) is 14.4. The molecule has 0 atom stereocenters. The molecule has 0 N–H and O–H groups in total. The van der Waals surface area contributed by atoms with Crippen LogP contribution in [0.15, 0.2) is 71.2 Å². The Morgan fingerprint density at radius 3 is 2.49 bits per heavy atom. The summed E-state index contributed by atoms with van der Waals surface area (Å²) in [5, 5.41) is 12.0. The van der Waals surface area contributed by atoms with Gasteiger partial charge in [-0.2, -0.15) is 0 Å². The maximum Gasteiger partial charge on any atom is 0.270 e. The molecule has 4 rings (SSSR count). The first kappa shape index (κ1) is 25.2. The van der Waals surface area contributed by atoms with Gasteiger partial charge < -0.3 is 9.64 Å². The van der Waals surface area contributed by atoms with Crippen molar-refractivity contribution < 1.29 is 9.66 Å². The highest BCUT2D eigenvalue weighted by atomic mass is 79.9. The number of halogens is 2. The zero-order chi connectivity index (χ0) is 24.6. The lowest BCUT2D eigenvalue weighted by Crippen LogP contribution is -2.46. The minimum absolute atomic E-state index is 0.0432. The monoisotopic (exact) mass is 555 g/mol. The SMILES string of the molecule is O=[N+]([O-])c1ccc(OCCCN2CCN(c3cccc(Cl)c3)CC2)c(C=Cc2ccccc2Br)c1. The number of piperazine rings is 1. The first-order valence-electron chi connectivity index (χ1n) is 11.6. The Labute approximate surface area is 219 Å². The number of hydrogen-bond acceptors (Lipinski definition) is 5. The number of nitro groups is 1. The Morgan fingerprint density at radius 2 is 1.74 bits per heavy atom. The molecule has 182 valence electrons. The van der Waals surface area contributed by atoms with Gasteiger partial charge in [0.25, 0.3) is 5.69 Å². The predicted molar refractivity (Wildman–Crippen MR) is 146 cm³/mol. The quantitative estimate of drug-likeness (QED) is 0.126. The molecule has 0 unspecified atom stereocenters. The van der Waals surface area contributed by atoms with Crippen LogP contribution in [0.25, 0.3) is 12.2 Å². The van der Waals surface area contributed by atoms with E-state index in [-0.39, 0.29) is 10.6 Å². The average molecular weight is 557 g/mol. The third-order valence-corrected chi connectivity index (χ3v) is 6.93. The summed E-state index contributed by atoms with van der Waals surface area (Å²) in [7, 11) is 0. The van der Waals surface area contributed by atoms with Gasteiger partial charge in [-0.05, 0) is 42.3 Å². The van der Waals surface area contributed by atoms with Crippen molar-refractivity contribution in [2.24, 2.45) is 0 Å². The molecule has 3 aromatic rings. The second-order valence-electron chi connectivity index (χ2n) is 8.34. The molecule has 1 heterocycles. The van der Waals surface area contributed by atoms with E-state index in [0.29, 0.717) is 17.9 Å². The number of rotatable bonds is 9. The first-order valence-corrected chi connectivity index (χ1v) is 12.7. The Hall–Kier alpha value is -2.87. The van der Waals surface area contributed by atoms with Crippen LogP contribution in [-0.2, 0) is 0 Å². The Morgan fingerprint density at radius 1 is 0.971 bits per heavy atom. The minimum atomic E-state index is -0.386. The largest absolute Gasteiger partial charge is 0.493 e. The molecule has 8 heteroatoms. The lowest BCUT2D eigenvalue weighted by Gasteiger charge is -2.36. The van der Waals surface area contributed by atoms with Gasteiger partial charge in [0.05, 0.1) is 11.5 Å². The fraction of sp³-hybridized carbons (Fsp3) is 0.259. The van der Waals surface area contributed by atoms with Crippen LogP contribution in [0, 0.1) is 10.1 Å². The van der Waals surface area contributed by atoms with Crippen molar-refractivity contribution in [2.75, 3.05) is 44.2 Å². The zero-order valence-electron chi connectivity index (χ0n) is 19.3. The second kappa shape index (κ2) is 12.2. The van der Waals surface area contributed by atoms with Crippen molar-refractivity contribution >= 4 is 51.1 Å². The summed E-state index contributed by atoms with van der Waals surface area (Å²) < 4.78 is 7.01. The molecule has 1 fully saturated rings. The molecular weight excluding hydrogens is 530 g/mol. The predicted octanol–water partition coefficient (Wildman–Crippen LogP) is 6.77. The van der Waals surface area contributed by atoms with Gasteiger partial charge in [0.1, 0.15) is 5.75 Å². The summed E-state index contributed by atoms with van der Waals surface area (Å²) in [5.74, 6) is 0.643. The third kappa shape index (κ3) is 7.07. The second-order valence-corrected chi connectivity index (χ2v) is 9.64. The number of anilines is 1. The van der Waals surface area contributed by atoms with Gasteiger partial charge >= 0.3 is 0 Å². The molecule has 0 bridgehead atoms.